The molecule has 2 N–H and O–H groups in total. The van der Waals surface area contributed by atoms with Gasteiger partial charge in [0.25, 0.3) is 0 Å². The summed E-state index contributed by atoms with van der Waals surface area (Å²) >= 11 is 0. The molecule has 2 rings (SSSR count). The third-order valence-corrected chi connectivity index (χ3v) is 3.75. The maximum Gasteiger partial charge on any atom is 0.226 e. The molecule has 128 valence electrons. The van der Waals surface area contributed by atoms with Crippen LogP contribution in [0.2, 0.25) is 0 Å². The molecule has 0 aliphatic heterocycles. The molecule has 2 heterocycles. The van der Waals surface area contributed by atoms with Crippen molar-refractivity contribution in [2.75, 3.05) is 11.9 Å². The molecule has 2 amide bonds. The summed E-state index contributed by atoms with van der Waals surface area (Å²) in [5.74, 6) is 0.278. The van der Waals surface area contributed by atoms with E-state index in [1.54, 1.807) is 24.5 Å². The minimum absolute atomic E-state index is 0.0910. The number of rotatable bonds is 7. The van der Waals surface area contributed by atoms with Crippen LogP contribution in [0.15, 0.2) is 29.0 Å². The number of aryl methyl sites for hydroxylation is 2. The first kappa shape index (κ1) is 17.7. The molecule has 0 aliphatic carbocycles. The van der Waals surface area contributed by atoms with Gasteiger partial charge in [-0.15, -0.1) is 0 Å². The number of aromatic nitrogens is 2. The molecule has 24 heavy (non-hydrogen) atoms. The smallest absolute Gasteiger partial charge is 0.226 e. The van der Waals surface area contributed by atoms with Gasteiger partial charge in [0.05, 0.1) is 5.69 Å². The van der Waals surface area contributed by atoms with Crippen molar-refractivity contribution in [1.29, 1.82) is 0 Å². The highest BCUT2D eigenvalue weighted by atomic mass is 16.5. The maximum atomic E-state index is 12.1. The lowest BCUT2D eigenvalue weighted by Crippen LogP contribution is -2.32. The molecule has 2 aromatic rings. The number of carbonyl (C=O) groups excluding carboxylic acids is 2. The fourth-order valence-corrected chi connectivity index (χ4v) is 2.32. The molecular weight excluding hydrogens is 308 g/mol. The van der Waals surface area contributed by atoms with Gasteiger partial charge in [-0.25, -0.2) is 0 Å². The molecule has 2 aromatic heterocycles. The van der Waals surface area contributed by atoms with E-state index in [0.29, 0.717) is 18.7 Å². The Morgan fingerprint density at radius 3 is 2.58 bits per heavy atom. The van der Waals surface area contributed by atoms with Crippen LogP contribution in [0, 0.1) is 19.8 Å². The third kappa shape index (κ3) is 4.91. The van der Waals surface area contributed by atoms with Crippen LogP contribution in [-0.4, -0.2) is 28.5 Å². The summed E-state index contributed by atoms with van der Waals surface area (Å²) in [5.41, 5.74) is 2.46. The topological polar surface area (TPSA) is 97.1 Å². The zero-order valence-corrected chi connectivity index (χ0v) is 14.1. The highest BCUT2D eigenvalue weighted by molar-refractivity contribution is 5.91. The van der Waals surface area contributed by atoms with Crippen molar-refractivity contribution in [3.05, 3.63) is 41.5 Å². The number of amides is 2. The van der Waals surface area contributed by atoms with Gasteiger partial charge < -0.3 is 15.2 Å². The van der Waals surface area contributed by atoms with E-state index in [1.165, 1.54) is 0 Å². The molecule has 0 aliphatic rings. The molecule has 0 aromatic carbocycles. The summed E-state index contributed by atoms with van der Waals surface area (Å²) < 4.78 is 5.11. The number of nitrogens with zero attached hydrogens (tertiary/aromatic N) is 2. The largest absolute Gasteiger partial charge is 0.361 e. The number of nitrogens with one attached hydrogen (secondary N) is 2. The summed E-state index contributed by atoms with van der Waals surface area (Å²) in [6, 6.07) is 3.42. The fraction of sp³-hybridized carbons (Fsp3) is 0.412. The van der Waals surface area contributed by atoms with Crippen LogP contribution in [0.4, 0.5) is 5.69 Å². The maximum absolute atomic E-state index is 12.1. The van der Waals surface area contributed by atoms with Crippen LogP contribution in [0.5, 0.6) is 0 Å². The zero-order chi connectivity index (χ0) is 17.5. The Bertz CT molecular complexity index is 678. The second-order valence-electron chi connectivity index (χ2n) is 5.73. The Kier molecular flexibility index (Phi) is 6.06. The van der Waals surface area contributed by atoms with Crippen molar-refractivity contribution in [1.82, 2.24) is 15.5 Å². The number of anilines is 1. The molecule has 0 bridgehead atoms. The fourth-order valence-electron chi connectivity index (χ4n) is 2.32. The molecule has 1 atom stereocenters. The highest BCUT2D eigenvalue weighted by Gasteiger charge is 2.18. The van der Waals surface area contributed by atoms with E-state index in [2.05, 4.69) is 20.8 Å². The Morgan fingerprint density at radius 2 is 1.96 bits per heavy atom. The molecule has 0 unspecified atom stereocenters. The van der Waals surface area contributed by atoms with Gasteiger partial charge in [0.1, 0.15) is 5.76 Å². The third-order valence-electron chi connectivity index (χ3n) is 3.75. The minimum atomic E-state index is -0.218. The summed E-state index contributed by atoms with van der Waals surface area (Å²) in [4.78, 5) is 27.8. The van der Waals surface area contributed by atoms with Crippen LogP contribution in [-0.2, 0) is 16.0 Å². The van der Waals surface area contributed by atoms with Crippen molar-refractivity contribution < 1.29 is 14.1 Å². The van der Waals surface area contributed by atoms with Gasteiger partial charge in [-0.1, -0.05) is 12.1 Å². The predicted molar refractivity (Wildman–Crippen MR) is 89.3 cm³/mol. The Morgan fingerprint density at radius 1 is 1.25 bits per heavy atom. The summed E-state index contributed by atoms with van der Waals surface area (Å²) in [6.45, 7) is 5.84. The Labute approximate surface area is 140 Å². The normalized spacial score (nSPS) is 11.8. The highest BCUT2D eigenvalue weighted by Crippen LogP contribution is 2.17. The second kappa shape index (κ2) is 8.24. The van der Waals surface area contributed by atoms with Crippen molar-refractivity contribution >= 4 is 17.5 Å². The van der Waals surface area contributed by atoms with E-state index in [4.69, 9.17) is 4.52 Å². The number of carbonyl (C=O) groups is 2. The summed E-state index contributed by atoms with van der Waals surface area (Å²) in [7, 11) is 0. The Hall–Kier alpha value is -2.70. The first-order chi connectivity index (χ1) is 11.5. The molecule has 0 radical (unpaired) electrons. The van der Waals surface area contributed by atoms with Gasteiger partial charge in [0, 0.05) is 42.5 Å². The van der Waals surface area contributed by atoms with Crippen molar-refractivity contribution in [2.45, 2.75) is 33.6 Å². The Balaban J connectivity index is 1.73. The van der Waals surface area contributed by atoms with Gasteiger partial charge >= 0.3 is 0 Å². The standard InChI is InChI=1S/C17H22N4O3/c1-11(10-15-12(2)21-24-13(15)3)17(23)19-9-6-16(22)20-14-4-7-18-8-5-14/h4-5,7-8,11H,6,9-10H2,1-3H3,(H,19,23)(H,18,20,22)/t11-/m1/s1. The molecule has 0 saturated carbocycles. The number of hydrogen-bond donors (Lipinski definition) is 2. The molecule has 7 nitrogen and oxygen atoms in total. The second-order valence-corrected chi connectivity index (χ2v) is 5.73. The number of pyridine rings is 1. The average Bonchev–Trinajstić information content (AvgIpc) is 2.87. The number of hydrogen-bond acceptors (Lipinski definition) is 5. The van der Waals surface area contributed by atoms with Gasteiger partial charge in [-0.05, 0) is 32.4 Å². The predicted octanol–water partition coefficient (Wildman–Crippen LogP) is 2.01. The lowest BCUT2D eigenvalue weighted by Gasteiger charge is -2.12. The van der Waals surface area contributed by atoms with E-state index < -0.39 is 0 Å². The van der Waals surface area contributed by atoms with Crippen LogP contribution in [0.3, 0.4) is 0 Å². The van der Waals surface area contributed by atoms with Crippen LogP contribution in [0.1, 0.15) is 30.4 Å². The van der Waals surface area contributed by atoms with E-state index in [9.17, 15) is 9.59 Å². The molecular formula is C17H22N4O3. The minimum Gasteiger partial charge on any atom is -0.361 e. The van der Waals surface area contributed by atoms with Crippen LogP contribution in [0.25, 0.3) is 0 Å². The van der Waals surface area contributed by atoms with Gasteiger partial charge in [0.2, 0.25) is 11.8 Å². The molecule has 0 saturated heterocycles. The van der Waals surface area contributed by atoms with Gasteiger partial charge in [-0.2, -0.15) is 0 Å². The first-order valence-corrected chi connectivity index (χ1v) is 7.86. The average molecular weight is 330 g/mol. The lowest BCUT2D eigenvalue weighted by atomic mass is 9.99. The summed E-state index contributed by atoms with van der Waals surface area (Å²) in [6.07, 6.45) is 3.99. The van der Waals surface area contributed by atoms with E-state index in [-0.39, 0.29) is 24.2 Å². The van der Waals surface area contributed by atoms with Crippen molar-refractivity contribution in [2.24, 2.45) is 5.92 Å². The lowest BCUT2D eigenvalue weighted by molar-refractivity contribution is -0.124. The van der Waals surface area contributed by atoms with E-state index >= 15 is 0 Å². The van der Waals surface area contributed by atoms with Crippen LogP contribution < -0.4 is 10.6 Å². The molecule has 0 spiro atoms. The SMILES string of the molecule is Cc1noc(C)c1C[C@@H](C)C(=O)NCCC(=O)Nc1ccncc1. The van der Waals surface area contributed by atoms with E-state index in [1.807, 2.05) is 20.8 Å². The molecule has 0 fully saturated rings. The van der Waals surface area contributed by atoms with Crippen molar-refractivity contribution in [3.8, 4) is 0 Å². The zero-order valence-electron chi connectivity index (χ0n) is 14.1. The first-order valence-electron chi connectivity index (χ1n) is 7.86. The monoisotopic (exact) mass is 330 g/mol. The van der Waals surface area contributed by atoms with Crippen LogP contribution >= 0.6 is 0 Å². The summed E-state index contributed by atoms with van der Waals surface area (Å²) in [5, 5.41) is 9.42. The van der Waals surface area contributed by atoms with Crippen molar-refractivity contribution in [3.63, 3.8) is 0 Å². The van der Waals surface area contributed by atoms with Gasteiger partial charge in [0.15, 0.2) is 0 Å². The molecule has 7 heteroatoms. The van der Waals surface area contributed by atoms with E-state index in [0.717, 1.165) is 17.0 Å². The quantitative estimate of drug-likeness (QED) is 0.809. The van der Waals surface area contributed by atoms with Gasteiger partial charge in [-0.3, -0.25) is 14.6 Å².